The summed E-state index contributed by atoms with van der Waals surface area (Å²) in [5, 5.41) is 11.5. The van der Waals surface area contributed by atoms with Crippen molar-refractivity contribution in [2.24, 2.45) is 5.92 Å². The summed E-state index contributed by atoms with van der Waals surface area (Å²) < 4.78 is 1.62. The van der Waals surface area contributed by atoms with Gasteiger partial charge in [-0.3, -0.25) is 4.79 Å². The van der Waals surface area contributed by atoms with Gasteiger partial charge in [-0.05, 0) is 98.0 Å². The van der Waals surface area contributed by atoms with Crippen molar-refractivity contribution < 1.29 is 4.79 Å². The molecule has 6 heteroatoms. The highest BCUT2D eigenvalue weighted by Crippen LogP contribution is 2.42. The van der Waals surface area contributed by atoms with Gasteiger partial charge in [0.2, 0.25) is 0 Å². The van der Waals surface area contributed by atoms with Crippen LogP contribution in [0, 0.1) is 19.4 Å². The molecule has 2 N–H and O–H groups in total. The fourth-order valence-corrected chi connectivity index (χ4v) is 5.00. The van der Waals surface area contributed by atoms with Gasteiger partial charge in [-0.2, -0.15) is 5.10 Å². The SMILES string of the molecule is [C-]#[N+]c1cccc(-n2nc(C)cc2C(=O)Nc2cc(C3CC3)cc(C(NCC3CC3)c3ccccc3)c2)c1. The summed E-state index contributed by atoms with van der Waals surface area (Å²) in [7, 11) is 0. The first-order valence-electron chi connectivity index (χ1n) is 13.4. The molecule has 0 aliphatic heterocycles. The van der Waals surface area contributed by atoms with E-state index in [0.29, 0.717) is 23.0 Å². The number of anilines is 1. The lowest BCUT2D eigenvalue weighted by atomic mass is 9.95. The van der Waals surface area contributed by atoms with Gasteiger partial charge in [0.25, 0.3) is 5.91 Å². The molecule has 2 fully saturated rings. The van der Waals surface area contributed by atoms with Gasteiger partial charge in [-0.1, -0.05) is 48.5 Å². The van der Waals surface area contributed by atoms with Crippen molar-refractivity contribution in [3.05, 3.63) is 118 Å². The molecule has 190 valence electrons. The molecule has 2 aliphatic carbocycles. The molecule has 2 saturated carbocycles. The molecule has 0 spiro atoms. The van der Waals surface area contributed by atoms with Crippen LogP contribution in [0.1, 0.15) is 70.5 Å². The van der Waals surface area contributed by atoms with Crippen LogP contribution in [0.2, 0.25) is 0 Å². The monoisotopic (exact) mass is 501 g/mol. The van der Waals surface area contributed by atoms with Gasteiger partial charge in [0.15, 0.2) is 5.69 Å². The molecule has 6 nitrogen and oxygen atoms in total. The van der Waals surface area contributed by atoms with Gasteiger partial charge in [-0.15, -0.1) is 0 Å². The van der Waals surface area contributed by atoms with Crippen LogP contribution in [0.5, 0.6) is 0 Å². The van der Waals surface area contributed by atoms with E-state index in [1.54, 1.807) is 22.9 Å². The molecule has 6 rings (SSSR count). The molecule has 1 heterocycles. The zero-order valence-corrected chi connectivity index (χ0v) is 21.5. The van der Waals surface area contributed by atoms with E-state index in [9.17, 15) is 4.79 Å². The minimum Gasteiger partial charge on any atom is -0.321 e. The first-order chi connectivity index (χ1) is 18.6. The molecule has 0 radical (unpaired) electrons. The zero-order chi connectivity index (χ0) is 26.1. The maximum absolute atomic E-state index is 13.6. The van der Waals surface area contributed by atoms with E-state index in [1.165, 1.54) is 42.4 Å². The van der Waals surface area contributed by atoms with E-state index in [-0.39, 0.29) is 11.9 Å². The third-order valence-electron chi connectivity index (χ3n) is 7.33. The van der Waals surface area contributed by atoms with Crippen molar-refractivity contribution in [3.8, 4) is 5.69 Å². The Morgan fingerprint density at radius 2 is 1.82 bits per heavy atom. The van der Waals surface area contributed by atoms with Gasteiger partial charge >= 0.3 is 0 Å². The van der Waals surface area contributed by atoms with Crippen molar-refractivity contribution in [1.29, 1.82) is 0 Å². The Balaban J connectivity index is 1.33. The standard InChI is InChI=1S/C32H31N5O/c1-21-15-30(37(36-21)29-10-6-9-27(19-29)33-2)32(38)35-28-17-25(23-13-14-23)16-26(18-28)31(34-20-22-11-12-22)24-7-4-3-5-8-24/h3-10,15-19,22-23,31,34H,11-14,20H2,1H3,(H,35,38). The number of hydrogen-bond donors (Lipinski definition) is 2. The summed E-state index contributed by atoms with van der Waals surface area (Å²) in [6.07, 6.45) is 4.96. The minimum absolute atomic E-state index is 0.0651. The van der Waals surface area contributed by atoms with E-state index >= 15 is 0 Å². The Morgan fingerprint density at radius 3 is 2.55 bits per heavy atom. The third kappa shape index (κ3) is 5.39. The highest BCUT2D eigenvalue weighted by molar-refractivity contribution is 6.03. The van der Waals surface area contributed by atoms with Crippen LogP contribution in [0.4, 0.5) is 11.4 Å². The number of amides is 1. The number of rotatable bonds is 9. The Labute approximate surface area is 223 Å². The second kappa shape index (κ2) is 10.3. The van der Waals surface area contributed by atoms with Crippen LogP contribution in [-0.4, -0.2) is 22.2 Å². The van der Waals surface area contributed by atoms with E-state index in [4.69, 9.17) is 6.57 Å². The number of carbonyl (C=O) groups is 1. The third-order valence-corrected chi connectivity index (χ3v) is 7.33. The fraction of sp³-hybridized carbons (Fsp3) is 0.281. The Morgan fingerprint density at radius 1 is 1.00 bits per heavy atom. The quantitative estimate of drug-likeness (QED) is 0.244. The van der Waals surface area contributed by atoms with Crippen LogP contribution in [-0.2, 0) is 0 Å². The van der Waals surface area contributed by atoms with Crippen molar-refractivity contribution in [2.75, 3.05) is 11.9 Å². The van der Waals surface area contributed by atoms with Crippen LogP contribution < -0.4 is 10.6 Å². The summed E-state index contributed by atoms with van der Waals surface area (Å²) in [6, 6.07) is 26.1. The van der Waals surface area contributed by atoms with E-state index in [1.807, 2.05) is 25.1 Å². The first-order valence-corrected chi connectivity index (χ1v) is 13.4. The maximum atomic E-state index is 13.6. The normalized spacial score (nSPS) is 15.6. The average molecular weight is 502 g/mol. The largest absolute Gasteiger partial charge is 0.321 e. The second-order valence-electron chi connectivity index (χ2n) is 10.5. The fourth-order valence-electron chi connectivity index (χ4n) is 5.00. The molecule has 1 amide bonds. The molecule has 3 aromatic carbocycles. The molecule has 4 aromatic rings. The van der Waals surface area contributed by atoms with Gasteiger partial charge < -0.3 is 10.6 Å². The van der Waals surface area contributed by atoms with Crippen molar-refractivity contribution in [2.45, 2.75) is 44.6 Å². The number of aromatic nitrogens is 2. The Bertz CT molecular complexity index is 1510. The van der Waals surface area contributed by atoms with E-state index < -0.39 is 0 Å². The average Bonchev–Trinajstić information content (AvgIpc) is 3.87. The lowest BCUT2D eigenvalue weighted by Crippen LogP contribution is -2.25. The Kier molecular flexibility index (Phi) is 6.53. The number of aryl methyl sites for hydroxylation is 1. The second-order valence-corrected chi connectivity index (χ2v) is 10.5. The number of benzene rings is 3. The van der Waals surface area contributed by atoms with Crippen molar-refractivity contribution in [3.63, 3.8) is 0 Å². The molecule has 1 aromatic heterocycles. The topological polar surface area (TPSA) is 63.3 Å². The lowest BCUT2D eigenvalue weighted by Gasteiger charge is -2.22. The van der Waals surface area contributed by atoms with Gasteiger partial charge in [0.05, 0.1) is 24.0 Å². The number of nitrogens with zero attached hydrogens (tertiary/aromatic N) is 3. The first kappa shape index (κ1) is 24.1. The molecular formula is C32H31N5O. The van der Waals surface area contributed by atoms with Crippen LogP contribution >= 0.6 is 0 Å². The molecule has 0 saturated heterocycles. The van der Waals surface area contributed by atoms with E-state index in [0.717, 1.165) is 23.8 Å². The molecule has 2 aliphatic rings. The predicted molar refractivity (Wildman–Crippen MR) is 150 cm³/mol. The zero-order valence-electron chi connectivity index (χ0n) is 21.5. The smallest absolute Gasteiger partial charge is 0.274 e. The summed E-state index contributed by atoms with van der Waals surface area (Å²) in [5.74, 6) is 1.09. The molecule has 0 bridgehead atoms. The highest BCUT2D eigenvalue weighted by atomic mass is 16.2. The number of nitrogens with one attached hydrogen (secondary N) is 2. The van der Waals surface area contributed by atoms with Gasteiger partial charge in [0.1, 0.15) is 5.69 Å². The Hall–Kier alpha value is -4.21. The lowest BCUT2D eigenvalue weighted by molar-refractivity contribution is 0.101. The number of carbonyl (C=O) groups excluding carboxylic acids is 1. The van der Waals surface area contributed by atoms with E-state index in [2.05, 4.69) is 63.0 Å². The molecule has 1 unspecified atom stereocenters. The summed E-state index contributed by atoms with van der Waals surface area (Å²) in [6.45, 7) is 10.2. The summed E-state index contributed by atoms with van der Waals surface area (Å²) in [4.78, 5) is 17.1. The number of hydrogen-bond acceptors (Lipinski definition) is 3. The van der Waals surface area contributed by atoms with Crippen molar-refractivity contribution in [1.82, 2.24) is 15.1 Å². The van der Waals surface area contributed by atoms with Crippen LogP contribution in [0.15, 0.2) is 78.9 Å². The summed E-state index contributed by atoms with van der Waals surface area (Å²) in [5.41, 5.74) is 6.86. The van der Waals surface area contributed by atoms with Crippen LogP contribution in [0.3, 0.4) is 0 Å². The summed E-state index contributed by atoms with van der Waals surface area (Å²) >= 11 is 0. The van der Waals surface area contributed by atoms with Gasteiger partial charge in [-0.25, -0.2) is 9.53 Å². The molecular weight excluding hydrogens is 470 g/mol. The van der Waals surface area contributed by atoms with Crippen LogP contribution in [0.25, 0.3) is 10.5 Å². The predicted octanol–water partition coefficient (Wildman–Crippen LogP) is 6.95. The minimum atomic E-state index is -0.222. The molecule has 38 heavy (non-hydrogen) atoms. The van der Waals surface area contributed by atoms with Gasteiger partial charge in [0, 0.05) is 5.69 Å². The maximum Gasteiger partial charge on any atom is 0.274 e. The highest BCUT2D eigenvalue weighted by Gasteiger charge is 2.28. The van der Waals surface area contributed by atoms with Crippen molar-refractivity contribution >= 4 is 17.3 Å². The molecule has 1 atom stereocenters.